The Morgan fingerprint density at radius 2 is 2.20 bits per heavy atom. The van der Waals surface area contributed by atoms with Gasteiger partial charge in [-0.15, -0.1) is 0 Å². The van der Waals surface area contributed by atoms with Crippen LogP contribution in [0.2, 0.25) is 5.15 Å². The fraction of sp³-hybridized carbons (Fsp3) is 0.417. The summed E-state index contributed by atoms with van der Waals surface area (Å²) < 4.78 is 2.08. The average molecular weight is 223 g/mol. The van der Waals surface area contributed by atoms with Crippen molar-refractivity contribution in [3.8, 4) is 0 Å². The van der Waals surface area contributed by atoms with Gasteiger partial charge in [0.15, 0.2) is 5.15 Å². The van der Waals surface area contributed by atoms with Crippen molar-refractivity contribution in [2.45, 2.75) is 27.2 Å². The van der Waals surface area contributed by atoms with Crippen LogP contribution in [0.15, 0.2) is 18.3 Å². The van der Waals surface area contributed by atoms with Gasteiger partial charge in [-0.1, -0.05) is 25.4 Å². The molecule has 0 aromatic carbocycles. The first-order valence-corrected chi connectivity index (χ1v) is 5.59. The number of halogens is 1. The molecule has 0 spiro atoms. The maximum atomic E-state index is 6.10. The van der Waals surface area contributed by atoms with Crippen LogP contribution in [0, 0.1) is 12.8 Å². The summed E-state index contributed by atoms with van der Waals surface area (Å²) in [6.07, 6.45) is 3.00. The van der Waals surface area contributed by atoms with Crippen molar-refractivity contribution in [1.82, 2.24) is 9.38 Å². The molecule has 2 heterocycles. The van der Waals surface area contributed by atoms with Crippen molar-refractivity contribution in [1.29, 1.82) is 0 Å². The molecule has 0 fully saturated rings. The van der Waals surface area contributed by atoms with Gasteiger partial charge < -0.3 is 4.40 Å². The van der Waals surface area contributed by atoms with Crippen molar-refractivity contribution in [2.75, 3.05) is 0 Å². The Balaban J connectivity index is 2.57. The summed E-state index contributed by atoms with van der Waals surface area (Å²) in [6.45, 7) is 6.43. The first kappa shape index (κ1) is 10.5. The number of hydrogen-bond acceptors (Lipinski definition) is 1. The standard InChI is InChI=1S/C12H15ClN2/c1-8(2)6-11-14-12(13)10-7-9(3)4-5-15(10)11/h4-5,7-8H,6H2,1-3H3. The number of rotatable bonds is 2. The highest BCUT2D eigenvalue weighted by Gasteiger charge is 2.10. The minimum atomic E-state index is 0.591. The Hall–Kier alpha value is -1.02. The topological polar surface area (TPSA) is 17.3 Å². The largest absolute Gasteiger partial charge is 0.302 e. The van der Waals surface area contributed by atoms with Gasteiger partial charge in [-0.25, -0.2) is 4.98 Å². The summed E-state index contributed by atoms with van der Waals surface area (Å²) in [5.74, 6) is 1.64. The van der Waals surface area contributed by atoms with E-state index in [1.807, 2.05) is 6.20 Å². The third kappa shape index (κ3) is 2.00. The maximum absolute atomic E-state index is 6.10. The molecule has 2 rings (SSSR count). The molecule has 3 heteroatoms. The third-order valence-corrected chi connectivity index (χ3v) is 2.70. The van der Waals surface area contributed by atoms with E-state index in [1.54, 1.807) is 0 Å². The normalized spacial score (nSPS) is 11.5. The molecule has 0 aliphatic heterocycles. The molecule has 2 nitrogen and oxygen atoms in total. The molecular weight excluding hydrogens is 208 g/mol. The zero-order valence-electron chi connectivity index (χ0n) is 9.29. The van der Waals surface area contributed by atoms with Gasteiger partial charge in [0.25, 0.3) is 0 Å². The molecule has 2 aromatic rings. The molecule has 0 aliphatic carbocycles. The minimum absolute atomic E-state index is 0.591. The van der Waals surface area contributed by atoms with Crippen LogP contribution in [0.25, 0.3) is 5.52 Å². The van der Waals surface area contributed by atoms with E-state index in [2.05, 4.69) is 42.3 Å². The monoisotopic (exact) mass is 222 g/mol. The van der Waals surface area contributed by atoms with E-state index in [4.69, 9.17) is 11.6 Å². The van der Waals surface area contributed by atoms with Crippen molar-refractivity contribution in [3.05, 3.63) is 34.9 Å². The van der Waals surface area contributed by atoms with Gasteiger partial charge in [-0.2, -0.15) is 0 Å². The number of aromatic nitrogens is 2. The lowest BCUT2D eigenvalue weighted by Crippen LogP contribution is -2.00. The predicted molar refractivity (Wildman–Crippen MR) is 63.5 cm³/mol. The number of imidazole rings is 1. The second-order valence-corrected chi connectivity index (χ2v) is 4.73. The Morgan fingerprint density at radius 3 is 2.87 bits per heavy atom. The highest BCUT2D eigenvalue weighted by atomic mass is 35.5. The van der Waals surface area contributed by atoms with Crippen LogP contribution in [-0.4, -0.2) is 9.38 Å². The van der Waals surface area contributed by atoms with Gasteiger partial charge in [-0.3, -0.25) is 0 Å². The summed E-state index contributed by atoms with van der Waals surface area (Å²) >= 11 is 6.10. The first-order valence-electron chi connectivity index (χ1n) is 5.21. The summed E-state index contributed by atoms with van der Waals surface area (Å²) in [5.41, 5.74) is 2.22. The van der Waals surface area contributed by atoms with Crippen LogP contribution in [0.3, 0.4) is 0 Å². The number of pyridine rings is 1. The highest BCUT2D eigenvalue weighted by Crippen LogP contribution is 2.20. The van der Waals surface area contributed by atoms with E-state index in [9.17, 15) is 0 Å². The molecule has 0 bridgehead atoms. The second kappa shape index (κ2) is 3.86. The Kier molecular flexibility index (Phi) is 2.70. The molecular formula is C12H15ClN2. The molecule has 2 aromatic heterocycles. The quantitative estimate of drug-likeness (QED) is 0.760. The first-order chi connectivity index (χ1) is 7.08. The van der Waals surface area contributed by atoms with Crippen LogP contribution in [-0.2, 0) is 6.42 Å². The van der Waals surface area contributed by atoms with Crippen LogP contribution in [0.1, 0.15) is 25.2 Å². The SMILES string of the molecule is Cc1ccn2c(CC(C)C)nc(Cl)c2c1. The van der Waals surface area contributed by atoms with Gasteiger partial charge in [-0.05, 0) is 30.5 Å². The summed E-state index contributed by atoms with van der Waals surface area (Å²) in [4.78, 5) is 4.40. The predicted octanol–water partition coefficient (Wildman–Crippen LogP) is 3.49. The van der Waals surface area contributed by atoms with Crippen molar-refractivity contribution < 1.29 is 0 Å². The average Bonchev–Trinajstić information content (AvgIpc) is 2.42. The van der Waals surface area contributed by atoms with Gasteiger partial charge in [0.2, 0.25) is 0 Å². The number of hydrogen-bond donors (Lipinski definition) is 0. The van der Waals surface area contributed by atoms with Crippen LogP contribution in [0.4, 0.5) is 0 Å². The second-order valence-electron chi connectivity index (χ2n) is 4.38. The molecule has 0 radical (unpaired) electrons. The highest BCUT2D eigenvalue weighted by molar-refractivity contribution is 6.32. The van der Waals surface area contributed by atoms with Crippen LogP contribution < -0.4 is 0 Å². The Bertz CT molecular complexity index is 486. The van der Waals surface area contributed by atoms with E-state index in [-0.39, 0.29) is 0 Å². The molecule has 0 atom stereocenters. The molecule has 0 N–H and O–H groups in total. The van der Waals surface area contributed by atoms with Crippen molar-refractivity contribution in [3.63, 3.8) is 0 Å². The number of aryl methyl sites for hydroxylation is 1. The molecule has 0 aliphatic rings. The van der Waals surface area contributed by atoms with Crippen LogP contribution in [0.5, 0.6) is 0 Å². The molecule has 0 unspecified atom stereocenters. The lowest BCUT2D eigenvalue weighted by atomic mass is 10.1. The van der Waals surface area contributed by atoms with Crippen LogP contribution >= 0.6 is 11.6 Å². The lowest BCUT2D eigenvalue weighted by molar-refractivity contribution is 0.619. The van der Waals surface area contributed by atoms with E-state index < -0.39 is 0 Å². The minimum Gasteiger partial charge on any atom is -0.302 e. The molecule has 15 heavy (non-hydrogen) atoms. The van der Waals surface area contributed by atoms with Gasteiger partial charge in [0.05, 0.1) is 5.52 Å². The van der Waals surface area contributed by atoms with Gasteiger partial charge >= 0.3 is 0 Å². The zero-order valence-corrected chi connectivity index (χ0v) is 10.0. The number of fused-ring (bicyclic) bond motifs is 1. The molecule has 0 amide bonds. The van der Waals surface area contributed by atoms with E-state index >= 15 is 0 Å². The molecule has 80 valence electrons. The third-order valence-electron chi connectivity index (χ3n) is 2.42. The summed E-state index contributed by atoms with van der Waals surface area (Å²) in [5, 5.41) is 0.606. The van der Waals surface area contributed by atoms with Gasteiger partial charge in [0.1, 0.15) is 5.82 Å². The van der Waals surface area contributed by atoms with E-state index in [1.165, 1.54) is 5.56 Å². The molecule has 0 saturated carbocycles. The Morgan fingerprint density at radius 1 is 1.47 bits per heavy atom. The fourth-order valence-corrected chi connectivity index (χ4v) is 1.97. The summed E-state index contributed by atoms with van der Waals surface area (Å²) in [6, 6.07) is 4.15. The lowest BCUT2D eigenvalue weighted by Gasteiger charge is -2.03. The van der Waals surface area contributed by atoms with E-state index in [0.29, 0.717) is 11.1 Å². The smallest absolute Gasteiger partial charge is 0.155 e. The summed E-state index contributed by atoms with van der Waals surface area (Å²) in [7, 11) is 0. The van der Waals surface area contributed by atoms with Crippen molar-refractivity contribution >= 4 is 17.1 Å². The molecule has 0 saturated heterocycles. The van der Waals surface area contributed by atoms with E-state index in [0.717, 1.165) is 17.8 Å². The van der Waals surface area contributed by atoms with Gasteiger partial charge in [0, 0.05) is 12.6 Å². The zero-order chi connectivity index (χ0) is 11.0. The fourth-order valence-electron chi connectivity index (χ4n) is 1.72. The van der Waals surface area contributed by atoms with Crippen molar-refractivity contribution in [2.24, 2.45) is 5.92 Å². The Labute approximate surface area is 94.9 Å². The number of nitrogens with zero attached hydrogens (tertiary/aromatic N) is 2. The maximum Gasteiger partial charge on any atom is 0.155 e.